The summed E-state index contributed by atoms with van der Waals surface area (Å²) in [7, 11) is -4.14. The van der Waals surface area contributed by atoms with Crippen molar-refractivity contribution in [2.24, 2.45) is 0 Å². The molecule has 8 nitrogen and oxygen atoms in total. The zero-order valence-electron chi connectivity index (χ0n) is 20.8. The van der Waals surface area contributed by atoms with Gasteiger partial charge in [0.1, 0.15) is 17.5 Å². The van der Waals surface area contributed by atoms with Crippen molar-refractivity contribution in [1.82, 2.24) is 14.5 Å². The molecule has 1 atom stereocenters. The van der Waals surface area contributed by atoms with Crippen LogP contribution >= 0.6 is 0 Å². The normalized spacial score (nSPS) is 17.9. The Balaban J connectivity index is 1.61. The molecule has 1 aliphatic heterocycles. The van der Waals surface area contributed by atoms with Crippen molar-refractivity contribution < 1.29 is 22.8 Å². The highest BCUT2D eigenvalue weighted by molar-refractivity contribution is 7.90. The van der Waals surface area contributed by atoms with Gasteiger partial charge in [-0.15, -0.1) is 0 Å². The lowest BCUT2D eigenvalue weighted by Crippen LogP contribution is -2.53. The minimum Gasteiger partial charge on any atom is -0.352 e. The van der Waals surface area contributed by atoms with Gasteiger partial charge >= 0.3 is 0 Å². The summed E-state index contributed by atoms with van der Waals surface area (Å²) in [5.74, 6) is -1.56. The molecule has 1 heterocycles. The molecule has 0 saturated heterocycles. The molecular weight excluding hydrogens is 478 g/mol. The maximum absolute atomic E-state index is 13.7. The number of nitrogens with one attached hydrogen (secondary N) is 1. The van der Waals surface area contributed by atoms with Gasteiger partial charge in [-0.05, 0) is 49.4 Å². The molecule has 2 aliphatic rings. The number of benzene rings is 2. The van der Waals surface area contributed by atoms with E-state index in [1.54, 1.807) is 12.1 Å². The van der Waals surface area contributed by atoms with Crippen molar-refractivity contribution in [2.45, 2.75) is 75.9 Å². The van der Waals surface area contributed by atoms with E-state index in [-0.39, 0.29) is 29.0 Å². The standard InChI is InChI=1S/C27H33N3O5S/c1-3-23(26(32)28-21-13-5-4-6-14-21)29(17-20-12-8-7-11-19(20)2)25(31)18-30-27(33)22-15-9-10-16-24(22)36(30,34)35/h7-12,15-16,21,23H,3-6,13-14,17-18H2,1-2H3,(H,28,32). The lowest BCUT2D eigenvalue weighted by molar-refractivity contribution is -0.141. The molecule has 2 aromatic rings. The lowest BCUT2D eigenvalue weighted by Gasteiger charge is -2.33. The number of amides is 3. The predicted molar refractivity (Wildman–Crippen MR) is 135 cm³/mol. The summed E-state index contributed by atoms with van der Waals surface area (Å²) in [5.41, 5.74) is 1.86. The zero-order chi connectivity index (χ0) is 25.9. The molecule has 2 aromatic carbocycles. The number of rotatable bonds is 8. The van der Waals surface area contributed by atoms with Gasteiger partial charge < -0.3 is 10.2 Å². The molecule has 1 unspecified atom stereocenters. The Bertz CT molecular complexity index is 1250. The molecule has 3 amide bonds. The quantitative estimate of drug-likeness (QED) is 0.585. The minimum absolute atomic E-state index is 0.0536. The first-order chi connectivity index (χ1) is 17.2. The second-order valence-electron chi connectivity index (χ2n) is 9.53. The molecule has 0 radical (unpaired) electrons. The summed E-state index contributed by atoms with van der Waals surface area (Å²) in [4.78, 5) is 41.3. The van der Waals surface area contributed by atoms with Crippen molar-refractivity contribution in [2.75, 3.05) is 6.54 Å². The smallest absolute Gasteiger partial charge is 0.269 e. The van der Waals surface area contributed by atoms with Crippen molar-refractivity contribution in [3.05, 3.63) is 65.2 Å². The van der Waals surface area contributed by atoms with Crippen LogP contribution in [0.15, 0.2) is 53.4 Å². The monoisotopic (exact) mass is 511 g/mol. The van der Waals surface area contributed by atoms with Crippen LogP contribution in [0.2, 0.25) is 0 Å². The Morgan fingerprint density at radius 3 is 2.39 bits per heavy atom. The van der Waals surface area contributed by atoms with Crippen LogP contribution in [-0.2, 0) is 26.2 Å². The molecule has 1 saturated carbocycles. The number of nitrogens with zero attached hydrogens (tertiary/aromatic N) is 2. The largest absolute Gasteiger partial charge is 0.352 e. The van der Waals surface area contributed by atoms with Crippen molar-refractivity contribution in [3.8, 4) is 0 Å². The summed E-state index contributed by atoms with van der Waals surface area (Å²) >= 11 is 0. The summed E-state index contributed by atoms with van der Waals surface area (Å²) in [5, 5.41) is 3.11. The van der Waals surface area contributed by atoms with E-state index in [0.29, 0.717) is 10.7 Å². The van der Waals surface area contributed by atoms with E-state index in [2.05, 4.69) is 5.32 Å². The first-order valence-corrected chi connectivity index (χ1v) is 14.0. The summed E-state index contributed by atoms with van der Waals surface area (Å²) in [6.45, 7) is 3.23. The fourth-order valence-electron chi connectivity index (χ4n) is 5.04. The molecule has 1 fully saturated rings. The van der Waals surface area contributed by atoms with E-state index in [4.69, 9.17) is 0 Å². The Kier molecular flexibility index (Phi) is 7.78. The van der Waals surface area contributed by atoms with Crippen LogP contribution in [0, 0.1) is 6.92 Å². The zero-order valence-corrected chi connectivity index (χ0v) is 21.6. The van der Waals surface area contributed by atoms with Crippen LogP contribution in [0.5, 0.6) is 0 Å². The maximum atomic E-state index is 13.7. The van der Waals surface area contributed by atoms with Gasteiger partial charge in [-0.2, -0.15) is 0 Å². The Labute approximate surface area is 212 Å². The Morgan fingerprint density at radius 2 is 1.72 bits per heavy atom. The molecule has 0 bridgehead atoms. The van der Waals surface area contributed by atoms with Crippen LogP contribution in [0.3, 0.4) is 0 Å². The first-order valence-electron chi connectivity index (χ1n) is 12.5. The molecule has 9 heteroatoms. The predicted octanol–water partition coefficient (Wildman–Crippen LogP) is 3.40. The van der Waals surface area contributed by atoms with Crippen LogP contribution in [0.1, 0.15) is 66.9 Å². The second kappa shape index (κ2) is 10.8. The van der Waals surface area contributed by atoms with Crippen molar-refractivity contribution in [1.29, 1.82) is 0 Å². The van der Waals surface area contributed by atoms with Gasteiger partial charge in [-0.25, -0.2) is 12.7 Å². The molecule has 1 aliphatic carbocycles. The van der Waals surface area contributed by atoms with Crippen LogP contribution in [-0.4, -0.2) is 54.0 Å². The van der Waals surface area contributed by atoms with Crippen molar-refractivity contribution in [3.63, 3.8) is 0 Å². The average Bonchev–Trinajstić information content (AvgIpc) is 3.06. The third kappa shape index (κ3) is 5.16. The van der Waals surface area contributed by atoms with E-state index >= 15 is 0 Å². The highest BCUT2D eigenvalue weighted by atomic mass is 32.2. The number of hydrogen-bond donors (Lipinski definition) is 1. The molecule has 0 aromatic heterocycles. The van der Waals surface area contributed by atoms with Gasteiger partial charge in [0, 0.05) is 12.6 Å². The highest BCUT2D eigenvalue weighted by Gasteiger charge is 2.43. The minimum atomic E-state index is -4.14. The fraction of sp³-hybridized carbons (Fsp3) is 0.444. The van der Waals surface area contributed by atoms with Gasteiger partial charge in [0.2, 0.25) is 11.8 Å². The van der Waals surface area contributed by atoms with Gasteiger partial charge in [0.15, 0.2) is 0 Å². The average molecular weight is 512 g/mol. The summed E-state index contributed by atoms with van der Waals surface area (Å²) < 4.78 is 26.7. The molecule has 0 spiro atoms. The summed E-state index contributed by atoms with van der Waals surface area (Å²) in [6.07, 6.45) is 5.45. The molecule has 36 heavy (non-hydrogen) atoms. The number of carbonyl (C=O) groups excluding carboxylic acids is 3. The number of carbonyl (C=O) groups is 3. The van der Waals surface area contributed by atoms with Crippen LogP contribution < -0.4 is 5.32 Å². The van der Waals surface area contributed by atoms with Gasteiger partial charge in [0.05, 0.1) is 5.56 Å². The second-order valence-corrected chi connectivity index (χ2v) is 11.4. The van der Waals surface area contributed by atoms with E-state index in [0.717, 1.165) is 43.2 Å². The molecular formula is C27H33N3O5S. The highest BCUT2D eigenvalue weighted by Crippen LogP contribution is 2.30. The lowest BCUT2D eigenvalue weighted by atomic mass is 9.95. The van der Waals surface area contributed by atoms with E-state index in [9.17, 15) is 22.8 Å². The van der Waals surface area contributed by atoms with Crippen LogP contribution in [0.4, 0.5) is 0 Å². The molecule has 4 rings (SSSR count). The SMILES string of the molecule is CCC(C(=O)NC1CCCCC1)N(Cc1ccccc1C)C(=O)CN1C(=O)c2ccccc2S1(=O)=O. The number of hydrogen-bond acceptors (Lipinski definition) is 5. The molecule has 192 valence electrons. The number of sulfonamides is 1. The maximum Gasteiger partial charge on any atom is 0.269 e. The van der Waals surface area contributed by atoms with Crippen molar-refractivity contribution >= 4 is 27.7 Å². The number of fused-ring (bicyclic) bond motifs is 1. The fourth-order valence-corrected chi connectivity index (χ4v) is 6.55. The summed E-state index contributed by atoms with van der Waals surface area (Å²) in [6, 6.07) is 12.8. The van der Waals surface area contributed by atoms with Crippen LogP contribution in [0.25, 0.3) is 0 Å². The number of aryl methyl sites for hydroxylation is 1. The van der Waals surface area contributed by atoms with Gasteiger partial charge in [0.25, 0.3) is 15.9 Å². The van der Waals surface area contributed by atoms with Gasteiger partial charge in [-0.3, -0.25) is 14.4 Å². The van der Waals surface area contributed by atoms with E-state index < -0.39 is 34.4 Å². The Morgan fingerprint density at radius 1 is 1.06 bits per heavy atom. The third-order valence-corrected chi connectivity index (χ3v) is 8.92. The third-order valence-electron chi connectivity index (χ3n) is 7.13. The topological polar surface area (TPSA) is 104 Å². The van der Waals surface area contributed by atoms with E-state index in [1.165, 1.54) is 17.0 Å². The van der Waals surface area contributed by atoms with Gasteiger partial charge in [-0.1, -0.05) is 62.6 Å². The van der Waals surface area contributed by atoms with E-state index in [1.807, 2.05) is 38.1 Å². The Hall–Kier alpha value is -3.20. The molecule has 1 N–H and O–H groups in total. The first kappa shape index (κ1) is 25.9.